The first-order valence-corrected chi connectivity index (χ1v) is 11.9. The zero-order valence-corrected chi connectivity index (χ0v) is 17.0. The largest absolute Gasteiger partial charge is 0.388 e. The lowest BCUT2D eigenvalue weighted by atomic mass is 9.65. The lowest BCUT2D eigenvalue weighted by Crippen LogP contribution is -2.37. The Morgan fingerprint density at radius 3 is 1.77 bits per heavy atom. The topological polar surface area (TPSA) is 20.2 Å². The fourth-order valence-corrected chi connectivity index (χ4v) is 6.75. The fraction of sp³-hybridized carbons (Fsp3) is 0.840. The van der Waals surface area contributed by atoms with E-state index < -0.39 is 0 Å². The molecule has 1 heteroatoms. The summed E-state index contributed by atoms with van der Waals surface area (Å²) in [4.78, 5) is 0. The summed E-state index contributed by atoms with van der Waals surface area (Å²) in [5, 5.41) is 11.5. The Balaban J connectivity index is 1.66. The lowest BCUT2D eigenvalue weighted by Gasteiger charge is -2.42. The van der Waals surface area contributed by atoms with Crippen molar-refractivity contribution in [2.24, 2.45) is 23.7 Å². The normalized spacial score (nSPS) is 33.4. The molecule has 4 rings (SSSR count). The zero-order chi connectivity index (χ0) is 17.9. The van der Waals surface area contributed by atoms with E-state index in [0.717, 1.165) is 11.8 Å². The van der Waals surface area contributed by atoms with Crippen LogP contribution in [-0.4, -0.2) is 11.2 Å². The van der Waals surface area contributed by atoms with Crippen molar-refractivity contribution in [2.45, 2.75) is 109 Å². The quantitative estimate of drug-likeness (QED) is 0.579. The highest BCUT2D eigenvalue weighted by Crippen LogP contribution is 2.47. The monoisotopic (exact) mass is 356 g/mol. The second-order valence-corrected chi connectivity index (χ2v) is 9.79. The number of aliphatic hydroxyl groups is 1. The molecule has 0 aromatic heterocycles. The van der Waals surface area contributed by atoms with Crippen LogP contribution in [0.3, 0.4) is 0 Å². The van der Waals surface area contributed by atoms with Gasteiger partial charge in [-0.25, -0.2) is 0 Å². The summed E-state index contributed by atoms with van der Waals surface area (Å²) in [5.41, 5.74) is 4.68. The molecule has 3 fully saturated rings. The predicted molar refractivity (Wildman–Crippen MR) is 110 cm³/mol. The molecule has 4 aliphatic rings. The van der Waals surface area contributed by atoms with Gasteiger partial charge in [-0.3, -0.25) is 0 Å². The van der Waals surface area contributed by atoms with Crippen LogP contribution in [0.4, 0.5) is 0 Å². The number of rotatable bonds is 3. The molecule has 4 aliphatic carbocycles. The van der Waals surface area contributed by atoms with Gasteiger partial charge in [-0.05, 0) is 79.9 Å². The maximum Gasteiger partial charge on any atom is 0.0823 e. The van der Waals surface area contributed by atoms with Gasteiger partial charge >= 0.3 is 0 Å². The predicted octanol–water partition coefficient (Wildman–Crippen LogP) is 6.96. The van der Waals surface area contributed by atoms with Gasteiger partial charge in [-0.2, -0.15) is 0 Å². The van der Waals surface area contributed by atoms with Crippen molar-refractivity contribution in [3.05, 3.63) is 22.8 Å². The van der Waals surface area contributed by atoms with Gasteiger partial charge in [0.15, 0.2) is 0 Å². The highest BCUT2D eigenvalue weighted by Gasteiger charge is 2.39. The third-order valence-electron chi connectivity index (χ3n) is 8.21. The minimum atomic E-state index is -0.187. The molecule has 0 aromatic carbocycles. The van der Waals surface area contributed by atoms with E-state index >= 15 is 0 Å². The Hall–Kier alpha value is -0.560. The van der Waals surface area contributed by atoms with Crippen LogP contribution < -0.4 is 0 Å². The van der Waals surface area contributed by atoms with Gasteiger partial charge in [0.05, 0.1) is 6.10 Å². The molecule has 146 valence electrons. The summed E-state index contributed by atoms with van der Waals surface area (Å²) < 4.78 is 0. The van der Waals surface area contributed by atoms with Crippen molar-refractivity contribution in [3.8, 4) is 0 Å². The highest BCUT2D eigenvalue weighted by atomic mass is 16.3. The average molecular weight is 357 g/mol. The van der Waals surface area contributed by atoms with Gasteiger partial charge in [-0.1, -0.05) is 63.9 Å². The zero-order valence-electron chi connectivity index (χ0n) is 17.0. The lowest BCUT2D eigenvalue weighted by molar-refractivity contribution is 0.0955. The minimum Gasteiger partial charge on any atom is -0.388 e. The molecule has 1 N–H and O–H groups in total. The van der Waals surface area contributed by atoms with Crippen molar-refractivity contribution in [2.75, 3.05) is 0 Å². The summed E-state index contributed by atoms with van der Waals surface area (Å²) >= 11 is 0. The maximum atomic E-state index is 11.5. The maximum absolute atomic E-state index is 11.5. The second kappa shape index (κ2) is 8.63. The molecule has 0 heterocycles. The van der Waals surface area contributed by atoms with Crippen molar-refractivity contribution >= 4 is 0 Å². The van der Waals surface area contributed by atoms with E-state index in [2.05, 4.69) is 13.0 Å². The van der Waals surface area contributed by atoms with Crippen LogP contribution in [0.5, 0.6) is 0 Å². The first-order chi connectivity index (χ1) is 12.8. The molecule has 1 nitrogen and oxygen atoms in total. The van der Waals surface area contributed by atoms with Crippen LogP contribution in [-0.2, 0) is 0 Å². The van der Waals surface area contributed by atoms with Gasteiger partial charge in [0, 0.05) is 5.92 Å². The summed E-state index contributed by atoms with van der Waals surface area (Å²) in [6.45, 7) is 2.37. The molecular weight excluding hydrogens is 316 g/mol. The van der Waals surface area contributed by atoms with Crippen molar-refractivity contribution in [3.63, 3.8) is 0 Å². The molecule has 0 radical (unpaired) electrons. The minimum absolute atomic E-state index is 0.187. The van der Waals surface area contributed by atoms with Gasteiger partial charge in [-0.15, -0.1) is 0 Å². The third kappa shape index (κ3) is 3.84. The molecule has 2 atom stereocenters. The second-order valence-electron chi connectivity index (χ2n) is 9.79. The van der Waals surface area contributed by atoms with E-state index in [1.807, 2.05) is 0 Å². The highest BCUT2D eigenvalue weighted by molar-refractivity contribution is 5.43. The van der Waals surface area contributed by atoms with E-state index in [0.29, 0.717) is 11.8 Å². The smallest absolute Gasteiger partial charge is 0.0823 e. The fourth-order valence-electron chi connectivity index (χ4n) is 6.75. The van der Waals surface area contributed by atoms with Crippen molar-refractivity contribution < 1.29 is 5.11 Å². The summed E-state index contributed by atoms with van der Waals surface area (Å²) in [5.74, 6) is 2.58. The number of allylic oxidation sites excluding steroid dienone is 2. The van der Waals surface area contributed by atoms with E-state index in [1.165, 1.54) is 107 Å². The Morgan fingerprint density at radius 2 is 1.19 bits per heavy atom. The first-order valence-electron chi connectivity index (χ1n) is 11.9. The van der Waals surface area contributed by atoms with Gasteiger partial charge in [0.1, 0.15) is 0 Å². The van der Waals surface area contributed by atoms with Crippen LogP contribution in [0.1, 0.15) is 103 Å². The molecule has 0 amide bonds. The average Bonchev–Trinajstić information content (AvgIpc) is 2.70. The summed E-state index contributed by atoms with van der Waals surface area (Å²) in [7, 11) is 0. The SMILES string of the molecule is CC1=C(C2CCCCC2)C(O)C(C2CCCCC2)C=C1C1CCCCC1. The molecule has 0 saturated heterocycles. The van der Waals surface area contributed by atoms with E-state index in [4.69, 9.17) is 0 Å². The summed E-state index contributed by atoms with van der Waals surface area (Å²) in [6.07, 6.45) is 23.0. The Labute approximate surface area is 161 Å². The Morgan fingerprint density at radius 1 is 0.692 bits per heavy atom. The number of hydrogen-bond acceptors (Lipinski definition) is 1. The van der Waals surface area contributed by atoms with Crippen LogP contribution in [0.2, 0.25) is 0 Å². The molecule has 26 heavy (non-hydrogen) atoms. The van der Waals surface area contributed by atoms with Gasteiger partial charge in [0.25, 0.3) is 0 Å². The molecule has 2 unspecified atom stereocenters. The summed E-state index contributed by atoms with van der Waals surface area (Å²) in [6, 6.07) is 0. The van der Waals surface area contributed by atoms with E-state index in [1.54, 1.807) is 5.57 Å². The van der Waals surface area contributed by atoms with Crippen molar-refractivity contribution in [1.29, 1.82) is 0 Å². The molecule has 3 saturated carbocycles. The number of hydrogen-bond donors (Lipinski definition) is 1. The van der Waals surface area contributed by atoms with Gasteiger partial charge < -0.3 is 5.11 Å². The molecular formula is C25H40O. The van der Waals surface area contributed by atoms with Crippen LogP contribution in [0.15, 0.2) is 22.8 Å². The molecule has 0 spiro atoms. The molecule has 0 aromatic rings. The Bertz CT molecular complexity index is 524. The third-order valence-corrected chi connectivity index (χ3v) is 8.21. The number of aliphatic hydroxyl groups excluding tert-OH is 1. The van der Waals surface area contributed by atoms with Gasteiger partial charge in [0.2, 0.25) is 0 Å². The molecule has 0 aliphatic heterocycles. The molecule has 0 bridgehead atoms. The van der Waals surface area contributed by atoms with Crippen LogP contribution in [0.25, 0.3) is 0 Å². The van der Waals surface area contributed by atoms with Crippen LogP contribution >= 0.6 is 0 Å². The van der Waals surface area contributed by atoms with E-state index in [9.17, 15) is 5.11 Å². The van der Waals surface area contributed by atoms with E-state index in [-0.39, 0.29) is 6.10 Å². The first kappa shape index (κ1) is 18.8. The van der Waals surface area contributed by atoms with Crippen molar-refractivity contribution in [1.82, 2.24) is 0 Å². The van der Waals surface area contributed by atoms with Crippen LogP contribution in [0, 0.1) is 23.7 Å². The standard InChI is InChI=1S/C25H40O/c1-18-22(19-11-5-2-6-12-19)17-23(20-13-7-3-8-14-20)25(26)24(18)21-15-9-4-10-16-21/h17,19-21,23,25-26H,2-16H2,1H3. The Kier molecular flexibility index (Phi) is 6.24.